The van der Waals surface area contributed by atoms with Crippen LogP contribution in [0.25, 0.3) is 0 Å². The fraction of sp³-hybridized carbons (Fsp3) is 0.250. The Morgan fingerprint density at radius 3 is 0.565 bits per heavy atom. The Morgan fingerprint density at radius 2 is 0.406 bits per heavy atom. The molecule has 0 spiro atoms. The Labute approximate surface area is 413 Å². The van der Waals surface area contributed by atoms with E-state index in [1.165, 1.54) is 0 Å². The van der Waals surface area contributed by atoms with Crippen LogP contribution in [0.3, 0.4) is 0 Å². The van der Waals surface area contributed by atoms with Crippen LogP contribution >= 0.6 is 0 Å². The van der Waals surface area contributed by atoms with Crippen LogP contribution in [-0.2, 0) is 65.8 Å². The predicted octanol–water partition coefficient (Wildman–Crippen LogP) is 15.7. The van der Waals surface area contributed by atoms with Gasteiger partial charge in [0.15, 0.2) is 0 Å². The quantitative estimate of drug-likeness (QED) is 0.0566. The first-order valence-corrected chi connectivity index (χ1v) is 26.6. The maximum absolute atomic E-state index is 8.49. The molecule has 69 heavy (non-hydrogen) atoms. The SMILES string of the molecule is CCC(Cc1ccccc1)(O[Si](OC(CC)(Cc1ccccc1)c1ccccc1)(OC(CC)(Cc1ccccc1)c1ccccc1)OC(CC)(Cc1ccccc1)c1ccccc1)c1ccccc1. The summed E-state index contributed by atoms with van der Waals surface area (Å²) in [6, 6.07) is 85.6. The normalized spacial score (nSPS) is 15.9. The first kappa shape index (κ1) is 49.2. The molecule has 8 aromatic carbocycles. The molecule has 0 N–H and O–H groups in total. The molecule has 8 rings (SSSR count). The van der Waals surface area contributed by atoms with E-state index < -0.39 is 31.5 Å². The van der Waals surface area contributed by atoms with Gasteiger partial charge in [-0.3, -0.25) is 0 Å². The monoisotopic (exact) mass is 928 g/mol. The Morgan fingerprint density at radius 1 is 0.246 bits per heavy atom. The molecule has 0 amide bonds. The van der Waals surface area contributed by atoms with Gasteiger partial charge in [0.2, 0.25) is 0 Å². The van der Waals surface area contributed by atoms with Crippen molar-refractivity contribution in [3.8, 4) is 0 Å². The highest BCUT2D eigenvalue weighted by Crippen LogP contribution is 2.50. The van der Waals surface area contributed by atoms with Crippen LogP contribution < -0.4 is 0 Å². The first-order valence-electron chi connectivity index (χ1n) is 25.0. The summed E-state index contributed by atoms with van der Waals surface area (Å²) in [5, 5.41) is 0. The average Bonchev–Trinajstić information content (AvgIpc) is 3.42. The van der Waals surface area contributed by atoms with Gasteiger partial charge in [0, 0.05) is 25.7 Å². The van der Waals surface area contributed by atoms with Crippen molar-refractivity contribution in [2.45, 2.75) is 101 Å². The molecule has 352 valence electrons. The van der Waals surface area contributed by atoms with E-state index in [4.69, 9.17) is 17.7 Å². The summed E-state index contributed by atoms with van der Waals surface area (Å²) in [4.78, 5) is 0. The Balaban J connectivity index is 1.50. The van der Waals surface area contributed by atoms with E-state index in [9.17, 15) is 0 Å². The van der Waals surface area contributed by atoms with E-state index in [1.807, 2.05) is 0 Å². The van der Waals surface area contributed by atoms with Crippen molar-refractivity contribution in [3.63, 3.8) is 0 Å². The minimum Gasteiger partial charge on any atom is -0.341 e. The van der Waals surface area contributed by atoms with Crippen molar-refractivity contribution in [1.82, 2.24) is 0 Å². The molecule has 0 heterocycles. The molecule has 0 aliphatic carbocycles. The third kappa shape index (κ3) is 11.6. The highest BCUT2D eigenvalue weighted by molar-refractivity contribution is 6.54. The fourth-order valence-corrected chi connectivity index (χ4v) is 13.6. The molecule has 0 saturated heterocycles. The van der Waals surface area contributed by atoms with Crippen LogP contribution in [0.15, 0.2) is 243 Å². The zero-order valence-electron chi connectivity index (χ0n) is 40.9. The molecular formula is C64H68O4Si. The van der Waals surface area contributed by atoms with Gasteiger partial charge in [-0.2, -0.15) is 0 Å². The maximum atomic E-state index is 8.49. The Hall–Kier alpha value is -6.18. The van der Waals surface area contributed by atoms with E-state index in [0.29, 0.717) is 51.4 Å². The summed E-state index contributed by atoms with van der Waals surface area (Å²) in [5.74, 6) is 0. The number of hydrogen-bond donors (Lipinski definition) is 0. The molecule has 0 radical (unpaired) electrons. The van der Waals surface area contributed by atoms with E-state index >= 15 is 0 Å². The lowest BCUT2D eigenvalue weighted by Crippen LogP contribution is -2.64. The summed E-state index contributed by atoms with van der Waals surface area (Å²) >= 11 is 0. The third-order valence-electron chi connectivity index (χ3n) is 14.1. The van der Waals surface area contributed by atoms with Crippen LogP contribution in [0.2, 0.25) is 0 Å². The van der Waals surface area contributed by atoms with Crippen LogP contribution in [0.4, 0.5) is 0 Å². The third-order valence-corrected chi connectivity index (χ3v) is 16.7. The molecule has 0 bridgehead atoms. The van der Waals surface area contributed by atoms with Crippen molar-refractivity contribution in [2.24, 2.45) is 0 Å². The largest absolute Gasteiger partial charge is 0.682 e. The van der Waals surface area contributed by atoms with Gasteiger partial charge in [-0.15, -0.1) is 0 Å². The van der Waals surface area contributed by atoms with E-state index in [1.54, 1.807) is 0 Å². The van der Waals surface area contributed by atoms with E-state index in [2.05, 4.69) is 270 Å². The van der Waals surface area contributed by atoms with Gasteiger partial charge in [-0.25, -0.2) is 0 Å². The van der Waals surface area contributed by atoms with Gasteiger partial charge in [0.25, 0.3) is 0 Å². The molecule has 0 aliphatic heterocycles. The lowest BCUT2D eigenvalue weighted by Gasteiger charge is -2.51. The van der Waals surface area contributed by atoms with Crippen molar-refractivity contribution in [1.29, 1.82) is 0 Å². The molecule has 0 aromatic heterocycles. The Bertz CT molecular complexity index is 2330. The Kier molecular flexibility index (Phi) is 16.4. The fourth-order valence-electron chi connectivity index (χ4n) is 10.1. The smallest absolute Gasteiger partial charge is 0.341 e. The number of rotatable bonds is 24. The molecule has 8 aromatic rings. The molecule has 0 saturated carbocycles. The molecular weight excluding hydrogens is 861 g/mol. The second-order valence-electron chi connectivity index (χ2n) is 18.4. The van der Waals surface area contributed by atoms with Gasteiger partial charge in [-0.05, 0) is 70.2 Å². The molecule has 5 heteroatoms. The summed E-state index contributed by atoms with van der Waals surface area (Å²) in [6.07, 6.45) is 4.61. The van der Waals surface area contributed by atoms with Gasteiger partial charge in [0.1, 0.15) is 0 Å². The minimum atomic E-state index is -4.77. The lowest BCUT2D eigenvalue weighted by molar-refractivity contribution is -0.199. The van der Waals surface area contributed by atoms with Crippen LogP contribution in [0.1, 0.15) is 97.9 Å². The molecule has 0 aliphatic rings. The van der Waals surface area contributed by atoms with Crippen molar-refractivity contribution < 1.29 is 17.7 Å². The van der Waals surface area contributed by atoms with Crippen molar-refractivity contribution >= 4 is 9.05 Å². The standard InChI is InChI=1S/C64H68O4Si/c1-5-61(57-41-25-13-26-42-57,49-53-33-17-9-18-34-53)65-69(66-62(6-2,58-43-27-14-28-44-58)50-54-35-19-10-20-36-54,67-63(7-3,59-45-29-15-30-46-59)51-55-37-21-11-22-38-55)68-64(8-4,60-47-31-16-32-48-60)52-56-39-23-12-24-40-56/h9-48H,5-8,49-52H2,1-4H3. The second-order valence-corrected chi connectivity index (χ2v) is 20.2. The van der Waals surface area contributed by atoms with Gasteiger partial charge >= 0.3 is 9.05 Å². The second kappa shape index (κ2) is 22.9. The van der Waals surface area contributed by atoms with Gasteiger partial charge in [0.05, 0.1) is 22.4 Å². The van der Waals surface area contributed by atoms with Crippen LogP contribution in [0, 0.1) is 0 Å². The maximum Gasteiger partial charge on any atom is 0.682 e. The van der Waals surface area contributed by atoms with E-state index in [-0.39, 0.29) is 0 Å². The predicted molar refractivity (Wildman–Crippen MR) is 284 cm³/mol. The van der Waals surface area contributed by atoms with Gasteiger partial charge in [-0.1, -0.05) is 270 Å². The zero-order chi connectivity index (χ0) is 47.9. The summed E-state index contributed by atoms with van der Waals surface area (Å²) in [6.45, 7) is 8.91. The summed E-state index contributed by atoms with van der Waals surface area (Å²) in [5.41, 5.74) is 4.76. The molecule has 4 nitrogen and oxygen atoms in total. The molecule has 4 unspecified atom stereocenters. The molecule has 4 atom stereocenters. The van der Waals surface area contributed by atoms with Crippen LogP contribution in [0.5, 0.6) is 0 Å². The number of hydrogen-bond acceptors (Lipinski definition) is 4. The number of benzene rings is 8. The summed E-state index contributed by atoms with van der Waals surface area (Å²) < 4.78 is 33.9. The van der Waals surface area contributed by atoms with Crippen molar-refractivity contribution in [2.75, 3.05) is 0 Å². The van der Waals surface area contributed by atoms with E-state index in [0.717, 1.165) is 44.5 Å². The first-order chi connectivity index (χ1) is 33.8. The van der Waals surface area contributed by atoms with Gasteiger partial charge < -0.3 is 17.7 Å². The topological polar surface area (TPSA) is 36.9 Å². The highest BCUT2D eigenvalue weighted by Gasteiger charge is 2.64. The van der Waals surface area contributed by atoms with Crippen molar-refractivity contribution in [3.05, 3.63) is 287 Å². The summed E-state index contributed by atoms with van der Waals surface area (Å²) in [7, 11) is -4.77. The lowest BCUT2D eigenvalue weighted by atomic mass is 9.85. The van der Waals surface area contributed by atoms with Crippen LogP contribution in [-0.4, -0.2) is 9.05 Å². The average molecular weight is 929 g/mol. The zero-order valence-corrected chi connectivity index (χ0v) is 41.9. The highest BCUT2D eigenvalue weighted by atomic mass is 28.4. The molecule has 0 fully saturated rings. The minimum absolute atomic E-state index is 0.550.